The summed E-state index contributed by atoms with van der Waals surface area (Å²) in [5, 5.41) is 14.5. The number of aliphatic carboxylic acids is 1. The maximum absolute atomic E-state index is 11.4. The molecule has 0 spiro atoms. The first-order valence-corrected chi connectivity index (χ1v) is 4.84. The van der Waals surface area contributed by atoms with Gasteiger partial charge in [-0.15, -0.1) is 0 Å². The summed E-state index contributed by atoms with van der Waals surface area (Å²) >= 11 is 0. The number of aromatic nitrogens is 2. The minimum atomic E-state index is -0.952. The van der Waals surface area contributed by atoms with E-state index in [9.17, 15) is 9.59 Å². The van der Waals surface area contributed by atoms with Gasteiger partial charge in [-0.05, 0) is 13.8 Å². The number of carbonyl (C=O) groups is 2. The van der Waals surface area contributed by atoms with Crippen LogP contribution in [0.2, 0.25) is 0 Å². The Morgan fingerprint density at radius 2 is 2.19 bits per heavy atom. The first-order valence-electron chi connectivity index (χ1n) is 4.84. The van der Waals surface area contributed by atoms with Crippen molar-refractivity contribution in [1.29, 1.82) is 0 Å². The maximum atomic E-state index is 11.4. The lowest BCUT2D eigenvalue weighted by molar-refractivity contribution is -0.137. The third-order valence-electron chi connectivity index (χ3n) is 1.64. The quantitative estimate of drug-likeness (QED) is 0.745. The number of rotatable bonds is 5. The first-order chi connectivity index (χ1) is 7.49. The second kappa shape index (κ2) is 5.24. The molecule has 2 N–H and O–H groups in total. The van der Waals surface area contributed by atoms with E-state index in [2.05, 4.69) is 15.5 Å². The molecule has 0 saturated heterocycles. The van der Waals surface area contributed by atoms with E-state index in [0.717, 1.165) is 0 Å². The molecule has 0 aliphatic heterocycles. The van der Waals surface area contributed by atoms with Gasteiger partial charge in [-0.1, -0.05) is 5.16 Å². The van der Waals surface area contributed by atoms with Gasteiger partial charge in [-0.3, -0.25) is 9.59 Å². The van der Waals surface area contributed by atoms with Gasteiger partial charge < -0.3 is 14.9 Å². The summed E-state index contributed by atoms with van der Waals surface area (Å²) in [5.41, 5.74) is 0. The number of carboxylic acid groups (broad SMARTS) is 1. The van der Waals surface area contributed by atoms with Crippen LogP contribution in [-0.4, -0.2) is 33.2 Å². The fourth-order valence-corrected chi connectivity index (χ4v) is 0.989. The lowest BCUT2D eigenvalue weighted by Gasteiger charge is -2.03. The SMILES string of the molecule is CC(C)NC(=O)c1noc(CCC(=O)O)n1. The predicted octanol–water partition coefficient (Wildman–Crippen LogP) is 0.225. The lowest BCUT2D eigenvalue weighted by Crippen LogP contribution is -2.30. The van der Waals surface area contributed by atoms with Gasteiger partial charge >= 0.3 is 5.97 Å². The van der Waals surface area contributed by atoms with Gasteiger partial charge in [0.1, 0.15) is 0 Å². The molecule has 7 heteroatoms. The fraction of sp³-hybridized carbons (Fsp3) is 0.556. The smallest absolute Gasteiger partial charge is 0.303 e. The van der Waals surface area contributed by atoms with Crippen molar-refractivity contribution in [3.8, 4) is 0 Å². The summed E-state index contributed by atoms with van der Waals surface area (Å²) in [5.74, 6) is -1.31. The number of nitrogens with one attached hydrogen (secondary N) is 1. The molecular weight excluding hydrogens is 214 g/mol. The molecule has 0 aliphatic carbocycles. The molecule has 1 aromatic heterocycles. The van der Waals surface area contributed by atoms with E-state index in [1.165, 1.54) is 0 Å². The number of nitrogens with zero attached hydrogens (tertiary/aromatic N) is 2. The highest BCUT2D eigenvalue weighted by molar-refractivity contribution is 5.90. The van der Waals surface area contributed by atoms with Crippen molar-refractivity contribution in [2.45, 2.75) is 32.7 Å². The van der Waals surface area contributed by atoms with Crippen LogP contribution in [0.15, 0.2) is 4.52 Å². The summed E-state index contributed by atoms with van der Waals surface area (Å²) in [6, 6.07) is -0.0199. The molecule has 0 saturated carbocycles. The molecule has 0 unspecified atom stereocenters. The molecular formula is C9H13N3O4. The first kappa shape index (κ1) is 12.2. The van der Waals surface area contributed by atoms with Gasteiger partial charge in [0.2, 0.25) is 5.89 Å². The van der Waals surface area contributed by atoms with Gasteiger partial charge in [0, 0.05) is 12.5 Å². The van der Waals surface area contributed by atoms with Crippen molar-refractivity contribution in [3.05, 3.63) is 11.7 Å². The Labute approximate surface area is 91.8 Å². The monoisotopic (exact) mass is 227 g/mol. The number of hydrogen-bond acceptors (Lipinski definition) is 5. The van der Waals surface area contributed by atoms with E-state index in [4.69, 9.17) is 9.63 Å². The van der Waals surface area contributed by atoms with Gasteiger partial charge in [-0.2, -0.15) is 4.98 Å². The van der Waals surface area contributed by atoms with Gasteiger partial charge in [0.25, 0.3) is 11.7 Å². The summed E-state index contributed by atoms with van der Waals surface area (Å²) in [4.78, 5) is 25.5. The third kappa shape index (κ3) is 3.68. The van der Waals surface area contributed by atoms with Crippen molar-refractivity contribution in [1.82, 2.24) is 15.5 Å². The molecule has 0 radical (unpaired) electrons. The van der Waals surface area contributed by atoms with E-state index in [0.29, 0.717) is 0 Å². The Hall–Kier alpha value is -1.92. The van der Waals surface area contributed by atoms with Crippen LogP contribution in [0.25, 0.3) is 0 Å². The van der Waals surface area contributed by atoms with Crippen LogP contribution in [0.3, 0.4) is 0 Å². The second-order valence-electron chi connectivity index (χ2n) is 3.53. The number of hydrogen-bond donors (Lipinski definition) is 2. The largest absolute Gasteiger partial charge is 0.481 e. The predicted molar refractivity (Wildman–Crippen MR) is 52.9 cm³/mol. The molecule has 1 heterocycles. The average molecular weight is 227 g/mol. The van der Waals surface area contributed by atoms with E-state index in [1.807, 2.05) is 13.8 Å². The molecule has 1 amide bonds. The van der Waals surface area contributed by atoms with Crippen LogP contribution in [-0.2, 0) is 11.2 Å². The molecule has 0 aliphatic rings. The van der Waals surface area contributed by atoms with E-state index < -0.39 is 11.9 Å². The fourth-order valence-electron chi connectivity index (χ4n) is 0.989. The lowest BCUT2D eigenvalue weighted by atomic mass is 10.3. The highest BCUT2D eigenvalue weighted by Gasteiger charge is 2.15. The summed E-state index contributed by atoms with van der Waals surface area (Å²) in [6.07, 6.45) is 0.0186. The topological polar surface area (TPSA) is 105 Å². The Bertz CT molecular complexity index is 386. The molecule has 1 aromatic rings. The minimum Gasteiger partial charge on any atom is -0.481 e. The number of amides is 1. The Morgan fingerprint density at radius 3 is 2.75 bits per heavy atom. The van der Waals surface area contributed by atoms with E-state index >= 15 is 0 Å². The molecule has 16 heavy (non-hydrogen) atoms. The summed E-state index contributed by atoms with van der Waals surface area (Å²) in [7, 11) is 0. The number of carbonyl (C=O) groups excluding carboxylic acids is 1. The minimum absolute atomic E-state index is 0.0199. The van der Waals surface area contributed by atoms with Crippen LogP contribution in [0.1, 0.15) is 36.8 Å². The number of aryl methyl sites for hydroxylation is 1. The van der Waals surface area contributed by atoms with Gasteiger partial charge in [0.15, 0.2) is 0 Å². The molecule has 88 valence electrons. The maximum Gasteiger partial charge on any atom is 0.303 e. The van der Waals surface area contributed by atoms with Gasteiger partial charge in [-0.25, -0.2) is 0 Å². The van der Waals surface area contributed by atoms with E-state index in [-0.39, 0.29) is 30.6 Å². The van der Waals surface area contributed by atoms with Gasteiger partial charge in [0.05, 0.1) is 6.42 Å². The van der Waals surface area contributed by atoms with Crippen LogP contribution in [0.4, 0.5) is 0 Å². The standard InChI is InChI=1S/C9H13N3O4/c1-5(2)10-9(15)8-11-6(16-12-8)3-4-7(13)14/h5H,3-4H2,1-2H3,(H,10,15)(H,13,14). The molecule has 0 atom stereocenters. The zero-order valence-corrected chi connectivity index (χ0v) is 9.06. The molecule has 1 rings (SSSR count). The second-order valence-corrected chi connectivity index (χ2v) is 3.53. The third-order valence-corrected chi connectivity index (χ3v) is 1.64. The van der Waals surface area contributed by atoms with Crippen LogP contribution in [0.5, 0.6) is 0 Å². The Balaban J connectivity index is 2.57. The molecule has 0 fully saturated rings. The average Bonchev–Trinajstić information content (AvgIpc) is 2.61. The van der Waals surface area contributed by atoms with Crippen LogP contribution < -0.4 is 5.32 Å². The highest BCUT2D eigenvalue weighted by Crippen LogP contribution is 2.01. The number of carboxylic acids is 1. The molecule has 7 nitrogen and oxygen atoms in total. The molecule has 0 aromatic carbocycles. The Morgan fingerprint density at radius 1 is 1.50 bits per heavy atom. The van der Waals surface area contributed by atoms with Crippen molar-refractivity contribution < 1.29 is 19.2 Å². The van der Waals surface area contributed by atoms with E-state index in [1.54, 1.807) is 0 Å². The normalized spacial score (nSPS) is 10.4. The van der Waals surface area contributed by atoms with Crippen LogP contribution in [0, 0.1) is 0 Å². The Kier molecular flexibility index (Phi) is 3.98. The summed E-state index contributed by atoms with van der Waals surface area (Å²) in [6.45, 7) is 3.62. The van der Waals surface area contributed by atoms with Crippen molar-refractivity contribution in [2.75, 3.05) is 0 Å². The summed E-state index contributed by atoms with van der Waals surface area (Å²) < 4.78 is 4.73. The van der Waals surface area contributed by atoms with Crippen LogP contribution >= 0.6 is 0 Å². The zero-order valence-electron chi connectivity index (χ0n) is 9.06. The van der Waals surface area contributed by atoms with Crippen molar-refractivity contribution in [2.24, 2.45) is 0 Å². The van der Waals surface area contributed by atoms with Crippen molar-refractivity contribution >= 4 is 11.9 Å². The zero-order chi connectivity index (χ0) is 12.1. The van der Waals surface area contributed by atoms with Crippen molar-refractivity contribution in [3.63, 3.8) is 0 Å². The highest BCUT2D eigenvalue weighted by atomic mass is 16.5. The molecule has 0 bridgehead atoms.